The van der Waals surface area contributed by atoms with E-state index in [2.05, 4.69) is 6.07 Å². The van der Waals surface area contributed by atoms with E-state index in [1.165, 1.54) is 6.42 Å². The molecule has 0 spiro atoms. The lowest BCUT2D eigenvalue weighted by atomic mass is 10.1. The van der Waals surface area contributed by atoms with Gasteiger partial charge in [0.1, 0.15) is 6.54 Å². The zero-order valence-electron chi connectivity index (χ0n) is 17.9. The molecule has 2 aromatic rings. The maximum atomic E-state index is 13.0. The molecule has 162 valence electrons. The van der Waals surface area contributed by atoms with E-state index in [-0.39, 0.29) is 24.0 Å². The third kappa shape index (κ3) is 4.83. The fourth-order valence-electron chi connectivity index (χ4n) is 4.46. The second kappa shape index (κ2) is 9.43. The summed E-state index contributed by atoms with van der Waals surface area (Å²) >= 11 is 1.58. The number of carbonyl (C=O) groups excluding carboxylic acids is 2. The van der Waals surface area contributed by atoms with E-state index in [9.17, 15) is 9.59 Å². The lowest BCUT2D eigenvalue weighted by Crippen LogP contribution is -2.49. The molecular weight excluding hydrogens is 398 g/mol. The molecule has 2 aliphatic rings. The lowest BCUT2D eigenvalue weighted by Gasteiger charge is -2.35. The number of fused-ring (bicyclic) bond motifs is 1. The van der Waals surface area contributed by atoms with E-state index in [4.69, 9.17) is 4.74 Å². The lowest BCUT2D eigenvalue weighted by molar-refractivity contribution is -0.143. The van der Waals surface area contributed by atoms with Crippen molar-refractivity contribution in [1.29, 1.82) is 0 Å². The molecule has 2 saturated heterocycles. The first-order chi connectivity index (χ1) is 14.5. The number of hydrogen-bond acceptors (Lipinski definition) is 4. The van der Waals surface area contributed by atoms with Crippen molar-refractivity contribution in [3.63, 3.8) is 0 Å². The molecule has 2 aliphatic heterocycles. The van der Waals surface area contributed by atoms with Crippen LogP contribution in [0.25, 0.3) is 10.9 Å². The highest BCUT2D eigenvalue weighted by atomic mass is 32.2. The zero-order chi connectivity index (χ0) is 21.1. The minimum Gasteiger partial charge on any atom is -0.372 e. The summed E-state index contributed by atoms with van der Waals surface area (Å²) in [7, 11) is 0. The first kappa shape index (κ1) is 21.2. The van der Waals surface area contributed by atoms with Crippen LogP contribution >= 0.6 is 11.8 Å². The summed E-state index contributed by atoms with van der Waals surface area (Å²) in [4.78, 5) is 30.5. The highest BCUT2D eigenvalue weighted by Gasteiger charge is 2.26. The Kier molecular flexibility index (Phi) is 6.68. The molecule has 30 heavy (non-hydrogen) atoms. The maximum absolute atomic E-state index is 13.0. The van der Waals surface area contributed by atoms with Gasteiger partial charge >= 0.3 is 0 Å². The number of piperidine rings is 1. The number of para-hydroxylation sites is 1. The van der Waals surface area contributed by atoms with Crippen molar-refractivity contribution < 1.29 is 14.3 Å². The van der Waals surface area contributed by atoms with Crippen molar-refractivity contribution in [3.8, 4) is 0 Å². The third-order valence-electron chi connectivity index (χ3n) is 5.89. The van der Waals surface area contributed by atoms with Crippen LogP contribution in [0.5, 0.6) is 0 Å². The van der Waals surface area contributed by atoms with Gasteiger partial charge in [0.2, 0.25) is 11.8 Å². The number of benzene rings is 1. The summed E-state index contributed by atoms with van der Waals surface area (Å²) < 4.78 is 7.78. The van der Waals surface area contributed by atoms with Gasteiger partial charge in [0.25, 0.3) is 0 Å². The summed E-state index contributed by atoms with van der Waals surface area (Å²) in [5.41, 5.74) is 1.04. The molecular formula is C23H31N3O3S. The second-order valence-corrected chi connectivity index (χ2v) is 9.44. The molecule has 0 N–H and O–H groups in total. The number of carbonyl (C=O) groups is 2. The van der Waals surface area contributed by atoms with Gasteiger partial charge in [-0.2, -0.15) is 0 Å². The van der Waals surface area contributed by atoms with Crippen LogP contribution in [0.1, 0.15) is 33.1 Å². The van der Waals surface area contributed by atoms with Crippen molar-refractivity contribution in [2.75, 3.05) is 31.9 Å². The van der Waals surface area contributed by atoms with E-state index >= 15 is 0 Å². The quantitative estimate of drug-likeness (QED) is 0.684. The first-order valence-corrected chi connectivity index (χ1v) is 11.9. The number of likely N-dealkylation sites (tertiary alicyclic amines) is 1. The second-order valence-electron chi connectivity index (χ2n) is 8.42. The van der Waals surface area contributed by atoms with Crippen LogP contribution in [-0.4, -0.2) is 70.3 Å². The molecule has 6 nitrogen and oxygen atoms in total. The van der Waals surface area contributed by atoms with Crippen molar-refractivity contribution in [1.82, 2.24) is 14.4 Å². The summed E-state index contributed by atoms with van der Waals surface area (Å²) in [6.45, 7) is 7.35. The summed E-state index contributed by atoms with van der Waals surface area (Å²) in [6.07, 6.45) is 5.59. The minimum atomic E-state index is 0.0611. The molecule has 7 heteroatoms. The van der Waals surface area contributed by atoms with Crippen LogP contribution in [-0.2, 0) is 20.9 Å². The highest BCUT2D eigenvalue weighted by molar-refractivity contribution is 8.00. The number of aromatic nitrogens is 1. The number of rotatable bonds is 5. The van der Waals surface area contributed by atoms with Crippen LogP contribution < -0.4 is 0 Å². The number of amides is 2. The summed E-state index contributed by atoms with van der Waals surface area (Å²) in [5.74, 6) is 0.767. The van der Waals surface area contributed by atoms with E-state index in [0.29, 0.717) is 25.4 Å². The molecule has 0 unspecified atom stereocenters. The third-order valence-corrected chi connectivity index (χ3v) is 6.92. The molecule has 1 aromatic heterocycles. The smallest absolute Gasteiger partial charge is 0.242 e. The van der Waals surface area contributed by atoms with Gasteiger partial charge in [-0.1, -0.05) is 18.2 Å². The Morgan fingerprint density at radius 3 is 2.43 bits per heavy atom. The van der Waals surface area contributed by atoms with Gasteiger partial charge < -0.3 is 19.1 Å². The molecule has 2 fully saturated rings. The first-order valence-electron chi connectivity index (χ1n) is 10.9. The Bertz CT molecular complexity index is 896. The fraction of sp³-hybridized carbons (Fsp3) is 0.565. The Balaban J connectivity index is 1.46. The predicted octanol–water partition coefficient (Wildman–Crippen LogP) is 3.38. The Morgan fingerprint density at radius 2 is 1.70 bits per heavy atom. The molecule has 2 atom stereocenters. The van der Waals surface area contributed by atoms with Crippen molar-refractivity contribution in [3.05, 3.63) is 30.5 Å². The molecule has 0 radical (unpaired) electrons. The highest BCUT2D eigenvalue weighted by Crippen LogP contribution is 2.30. The van der Waals surface area contributed by atoms with E-state index in [1.54, 1.807) is 11.8 Å². The molecule has 3 heterocycles. The number of nitrogens with zero attached hydrogens (tertiary/aromatic N) is 3. The van der Waals surface area contributed by atoms with Gasteiger partial charge in [-0.25, -0.2) is 0 Å². The van der Waals surface area contributed by atoms with Gasteiger partial charge in [-0.05, 0) is 39.2 Å². The number of hydrogen-bond donors (Lipinski definition) is 0. The standard InChI is InChI=1S/C23H31N3O3S/c1-17-12-26(13-18(2)29-17)22(27)15-25-14-21(19-8-4-5-9-20(19)25)30-16-23(28)24-10-6-3-7-11-24/h4-5,8-9,14,17-18H,3,6-7,10-13,15-16H2,1-2H3/t17-,18+. The average molecular weight is 430 g/mol. The van der Waals surface area contributed by atoms with Crippen molar-refractivity contribution >= 4 is 34.5 Å². The number of morpholine rings is 1. The van der Waals surface area contributed by atoms with Gasteiger partial charge in [0.05, 0.1) is 18.0 Å². The van der Waals surface area contributed by atoms with Crippen LogP contribution in [0, 0.1) is 0 Å². The van der Waals surface area contributed by atoms with Crippen LogP contribution in [0.15, 0.2) is 35.4 Å². The predicted molar refractivity (Wildman–Crippen MR) is 120 cm³/mol. The summed E-state index contributed by atoms with van der Waals surface area (Å²) in [5, 5.41) is 1.10. The van der Waals surface area contributed by atoms with Gasteiger partial charge in [0, 0.05) is 48.2 Å². The van der Waals surface area contributed by atoms with Crippen LogP contribution in [0.2, 0.25) is 0 Å². The molecule has 0 saturated carbocycles. The molecule has 2 amide bonds. The zero-order valence-corrected chi connectivity index (χ0v) is 18.7. The number of thioether (sulfide) groups is 1. The van der Waals surface area contributed by atoms with Crippen LogP contribution in [0.4, 0.5) is 0 Å². The maximum Gasteiger partial charge on any atom is 0.242 e. The van der Waals surface area contributed by atoms with Crippen molar-refractivity contribution in [2.45, 2.75) is 56.8 Å². The number of ether oxygens (including phenoxy) is 1. The van der Waals surface area contributed by atoms with Crippen molar-refractivity contribution in [2.24, 2.45) is 0 Å². The Morgan fingerprint density at radius 1 is 1.00 bits per heavy atom. The van der Waals surface area contributed by atoms with Gasteiger partial charge in [-0.15, -0.1) is 11.8 Å². The average Bonchev–Trinajstić information content (AvgIpc) is 3.09. The topological polar surface area (TPSA) is 54.8 Å². The Hall–Kier alpha value is -1.99. The van der Waals surface area contributed by atoms with Crippen LogP contribution in [0.3, 0.4) is 0 Å². The van der Waals surface area contributed by atoms with E-state index in [0.717, 1.165) is 41.7 Å². The molecule has 1 aromatic carbocycles. The van der Waals surface area contributed by atoms with E-state index in [1.807, 2.05) is 52.6 Å². The molecule has 4 rings (SSSR count). The normalized spacial score (nSPS) is 22.5. The van der Waals surface area contributed by atoms with Gasteiger partial charge in [0.15, 0.2) is 0 Å². The van der Waals surface area contributed by atoms with Gasteiger partial charge in [-0.3, -0.25) is 9.59 Å². The summed E-state index contributed by atoms with van der Waals surface area (Å²) in [6, 6.07) is 8.12. The molecule has 0 bridgehead atoms. The monoisotopic (exact) mass is 429 g/mol. The minimum absolute atomic E-state index is 0.0611. The largest absolute Gasteiger partial charge is 0.372 e. The van der Waals surface area contributed by atoms with E-state index < -0.39 is 0 Å². The molecule has 0 aliphatic carbocycles. The SMILES string of the molecule is C[C@@H]1CN(C(=O)Cn2cc(SCC(=O)N3CCCCC3)c3ccccc32)C[C@H](C)O1. The fourth-order valence-corrected chi connectivity index (χ4v) is 5.45. The Labute approximate surface area is 182 Å².